The quantitative estimate of drug-likeness (QED) is 0.266. The molecule has 0 bridgehead atoms. The van der Waals surface area contributed by atoms with Gasteiger partial charge in [0, 0.05) is 11.1 Å². The van der Waals surface area contributed by atoms with E-state index in [0.29, 0.717) is 14.7 Å². The van der Waals surface area contributed by atoms with E-state index in [-0.39, 0.29) is 22.2 Å². The molecule has 0 saturated carbocycles. The van der Waals surface area contributed by atoms with Crippen molar-refractivity contribution in [3.8, 4) is 0 Å². The largest absolute Gasteiger partial charge is 0.477 e. The van der Waals surface area contributed by atoms with Gasteiger partial charge in [0.15, 0.2) is 10.8 Å². The van der Waals surface area contributed by atoms with Crippen LogP contribution in [0.3, 0.4) is 0 Å². The fourth-order valence-electron chi connectivity index (χ4n) is 2.79. The van der Waals surface area contributed by atoms with Crippen molar-refractivity contribution in [1.29, 1.82) is 0 Å². The summed E-state index contributed by atoms with van der Waals surface area (Å²) in [5, 5.41) is 17.1. The van der Waals surface area contributed by atoms with Gasteiger partial charge in [0.2, 0.25) is 0 Å². The van der Waals surface area contributed by atoms with Crippen LogP contribution in [0.25, 0.3) is 0 Å². The standard InChI is InChI=1S/C15H13Br2N5O5S2/c1-27-21-8(6-4-29-15(18)19-6)11(23)20-9-12(24)22-10(14(25)26)5(2-7(16)17)3-28-13(9)22/h2,4,9,13H,3H2,1H3,(H2,18,19)(H,20,23)(H,25,26)/b21-8+/t9?,13-/m1/s1. The number of allylic oxidation sites excluding steroid dienone is 1. The third kappa shape index (κ3) is 4.34. The van der Waals surface area contributed by atoms with Crippen LogP contribution in [0.1, 0.15) is 5.69 Å². The molecule has 3 heterocycles. The fourth-order valence-corrected chi connectivity index (χ4v) is 5.19. The van der Waals surface area contributed by atoms with Gasteiger partial charge < -0.3 is 21.0 Å². The number of halogens is 2. The number of rotatable bonds is 6. The molecule has 2 aliphatic rings. The molecule has 0 aromatic carbocycles. The number of oxime groups is 1. The van der Waals surface area contributed by atoms with Crippen molar-refractivity contribution in [2.24, 2.45) is 5.16 Å². The number of carbonyl (C=O) groups is 3. The summed E-state index contributed by atoms with van der Waals surface area (Å²) in [5.74, 6) is -2.07. The molecule has 3 rings (SSSR count). The van der Waals surface area contributed by atoms with E-state index < -0.39 is 29.2 Å². The van der Waals surface area contributed by atoms with E-state index in [4.69, 9.17) is 10.6 Å². The third-order valence-electron chi connectivity index (χ3n) is 3.93. The summed E-state index contributed by atoms with van der Waals surface area (Å²) in [4.78, 5) is 46.9. The Morgan fingerprint density at radius 2 is 2.24 bits per heavy atom. The Bertz CT molecular complexity index is 972. The summed E-state index contributed by atoms with van der Waals surface area (Å²) in [6.07, 6.45) is 1.59. The van der Waals surface area contributed by atoms with Gasteiger partial charge in [-0.3, -0.25) is 14.5 Å². The second kappa shape index (κ2) is 8.85. The highest BCUT2D eigenvalue weighted by Crippen LogP contribution is 2.41. The number of nitrogen functional groups attached to an aromatic ring is 1. The first-order valence-electron chi connectivity index (χ1n) is 7.81. The maximum Gasteiger partial charge on any atom is 0.352 e. The first-order valence-corrected chi connectivity index (χ1v) is 11.3. The van der Waals surface area contributed by atoms with Crippen LogP contribution in [-0.4, -0.2) is 62.8 Å². The fraction of sp³-hybridized carbons (Fsp3) is 0.267. The summed E-state index contributed by atoms with van der Waals surface area (Å²) < 4.78 is 0.554. The minimum absolute atomic E-state index is 0.112. The van der Waals surface area contributed by atoms with E-state index in [2.05, 4.69) is 47.3 Å². The van der Waals surface area contributed by atoms with E-state index >= 15 is 0 Å². The maximum atomic E-state index is 12.7. The number of nitrogens with one attached hydrogen (secondary N) is 1. The first-order chi connectivity index (χ1) is 13.7. The Balaban J connectivity index is 1.82. The normalized spacial score (nSPS) is 21.3. The number of thiazole rings is 1. The van der Waals surface area contributed by atoms with Gasteiger partial charge in [0.25, 0.3) is 11.8 Å². The molecule has 10 nitrogen and oxygen atoms in total. The molecule has 1 aromatic rings. The Kier molecular flexibility index (Phi) is 6.65. The molecule has 14 heteroatoms. The predicted molar refractivity (Wildman–Crippen MR) is 116 cm³/mol. The van der Waals surface area contributed by atoms with Gasteiger partial charge in [-0.2, -0.15) is 0 Å². The zero-order chi connectivity index (χ0) is 21.3. The summed E-state index contributed by atoms with van der Waals surface area (Å²) in [5.41, 5.74) is 6.04. The molecular weight excluding hydrogens is 554 g/mol. The maximum absolute atomic E-state index is 12.7. The lowest BCUT2D eigenvalue weighted by Crippen LogP contribution is -2.71. The lowest BCUT2D eigenvalue weighted by molar-refractivity contribution is -0.150. The molecule has 1 aromatic heterocycles. The lowest BCUT2D eigenvalue weighted by atomic mass is 10.0. The lowest BCUT2D eigenvalue weighted by Gasteiger charge is -2.49. The highest BCUT2D eigenvalue weighted by atomic mass is 79.9. The highest BCUT2D eigenvalue weighted by molar-refractivity contribution is 9.28. The average molecular weight is 567 g/mol. The van der Waals surface area contributed by atoms with Gasteiger partial charge in [-0.05, 0) is 43.5 Å². The second-order valence-corrected chi connectivity index (χ2v) is 10.4. The number of aromatic nitrogens is 1. The number of anilines is 1. The number of fused-ring (bicyclic) bond motifs is 1. The topological polar surface area (TPSA) is 147 Å². The molecule has 29 heavy (non-hydrogen) atoms. The van der Waals surface area contributed by atoms with Crippen molar-refractivity contribution >= 4 is 83.6 Å². The van der Waals surface area contributed by atoms with Gasteiger partial charge in [-0.1, -0.05) is 5.16 Å². The highest BCUT2D eigenvalue weighted by Gasteiger charge is 2.54. The van der Waals surface area contributed by atoms with Gasteiger partial charge in [0.05, 0.1) is 3.39 Å². The molecule has 4 N–H and O–H groups in total. The first kappa shape index (κ1) is 21.8. The van der Waals surface area contributed by atoms with Crippen molar-refractivity contribution < 1.29 is 24.3 Å². The van der Waals surface area contributed by atoms with Crippen LogP contribution in [0.5, 0.6) is 0 Å². The van der Waals surface area contributed by atoms with Crippen molar-refractivity contribution in [3.63, 3.8) is 0 Å². The molecule has 0 spiro atoms. The van der Waals surface area contributed by atoms with E-state index in [1.807, 2.05) is 0 Å². The average Bonchev–Trinajstić information content (AvgIpc) is 3.08. The number of hydrogen-bond donors (Lipinski definition) is 3. The van der Waals surface area contributed by atoms with Gasteiger partial charge >= 0.3 is 5.97 Å². The van der Waals surface area contributed by atoms with Crippen LogP contribution >= 0.6 is 55.0 Å². The molecule has 2 atom stereocenters. The Hall–Kier alpha value is -1.90. The van der Waals surface area contributed by atoms with Crippen LogP contribution in [0, 0.1) is 0 Å². The monoisotopic (exact) mass is 565 g/mol. The summed E-state index contributed by atoms with van der Waals surface area (Å²) in [7, 11) is 1.28. The molecule has 0 aliphatic carbocycles. The molecule has 2 aliphatic heterocycles. The molecule has 1 saturated heterocycles. The van der Waals surface area contributed by atoms with E-state index in [1.54, 1.807) is 11.5 Å². The van der Waals surface area contributed by atoms with Crippen LogP contribution in [0.4, 0.5) is 5.13 Å². The number of carbonyl (C=O) groups excluding carboxylic acids is 2. The molecule has 0 radical (unpaired) electrons. The summed E-state index contributed by atoms with van der Waals surface area (Å²) in [6, 6.07) is -0.905. The van der Waals surface area contributed by atoms with Gasteiger partial charge in [0.1, 0.15) is 29.9 Å². The van der Waals surface area contributed by atoms with Crippen molar-refractivity contribution in [3.05, 3.63) is 31.8 Å². The number of carboxylic acids is 1. The van der Waals surface area contributed by atoms with E-state index in [0.717, 1.165) is 11.3 Å². The SMILES string of the molecule is CO/N=C(/C(=O)NC1C(=O)N2C(C(=O)O)=C(C=C(Br)Br)CS[C@H]12)c1csc(N)n1. The van der Waals surface area contributed by atoms with Crippen molar-refractivity contribution in [1.82, 2.24) is 15.2 Å². The van der Waals surface area contributed by atoms with Crippen molar-refractivity contribution in [2.45, 2.75) is 11.4 Å². The van der Waals surface area contributed by atoms with Gasteiger partial charge in [-0.25, -0.2) is 9.78 Å². The van der Waals surface area contributed by atoms with Crippen LogP contribution < -0.4 is 11.1 Å². The van der Waals surface area contributed by atoms with E-state index in [9.17, 15) is 19.5 Å². The number of aliphatic carboxylic acids is 1. The molecule has 154 valence electrons. The van der Waals surface area contributed by atoms with Crippen LogP contribution in [0.15, 0.2) is 31.3 Å². The number of nitrogens with two attached hydrogens (primary N) is 1. The minimum Gasteiger partial charge on any atom is -0.477 e. The number of carboxylic acid groups (broad SMARTS) is 1. The Morgan fingerprint density at radius 1 is 1.52 bits per heavy atom. The number of amides is 2. The number of thioether (sulfide) groups is 1. The van der Waals surface area contributed by atoms with Gasteiger partial charge in [-0.15, -0.1) is 23.1 Å². The van der Waals surface area contributed by atoms with Crippen molar-refractivity contribution in [2.75, 3.05) is 18.6 Å². The number of hydrogen-bond acceptors (Lipinski definition) is 9. The second-order valence-electron chi connectivity index (χ2n) is 5.67. The minimum atomic E-state index is -1.22. The molecule has 1 unspecified atom stereocenters. The Morgan fingerprint density at radius 3 is 2.79 bits per heavy atom. The van der Waals surface area contributed by atoms with Crippen LogP contribution in [-0.2, 0) is 19.2 Å². The zero-order valence-corrected chi connectivity index (χ0v) is 19.4. The summed E-state index contributed by atoms with van der Waals surface area (Å²) >= 11 is 8.86. The number of nitrogens with zero attached hydrogens (tertiary/aromatic N) is 3. The molecule has 2 amide bonds. The van der Waals surface area contributed by atoms with E-state index in [1.165, 1.54) is 23.8 Å². The third-order valence-corrected chi connectivity index (χ3v) is 6.37. The molecular formula is C15H13Br2N5O5S2. The smallest absolute Gasteiger partial charge is 0.352 e. The molecule has 1 fully saturated rings. The number of β-lactam (4-membered cyclic amide) rings is 1. The predicted octanol–water partition coefficient (Wildman–Crippen LogP) is 1.45. The Labute approximate surface area is 189 Å². The van der Waals surface area contributed by atoms with Crippen LogP contribution in [0.2, 0.25) is 0 Å². The summed E-state index contributed by atoms with van der Waals surface area (Å²) in [6.45, 7) is 0. The zero-order valence-electron chi connectivity index (χ0n) is 14.6.